The van der Waals surface area contributed by atoms with Crippen molar-refractivity contribution in [2.45, 2.75) is 103 Å². The predicted octanol–water partition coefficient (Wildman–Crippen LogP) is 4.45. The van der Waals surface area contributed by atoms with Crippen LogP contribution in [0.4, 0.5) is 0 Å². The Morgan fingerprint density at radius 3 is 1.76 bits per heavy atom. The van der Waals surface area contributed by atoms with Gasteiger partial charge in [-0.25, -0.2) is 0 Å². The van der Waals surface area contributed by atoms with Gasteiger partial charge in [-0.15, -0.1) is 0 Å². The molecule has 0 aromatic carbocycles. The SMILES string of the molecule is CCCCCCCCCCCCOCCC(CC(C)(NC)NC)NC. The van der Waals surface area contributed by atoms with Gasteiger partial charge in [0.05, 0.1) is 5.66 Å². The molecular weight excluding hydrogens is 310 g/mol. The van der Waals surface area contributed by atoms with Crippen molar-refractivity contribution in [2.75, 3.05) is 34.4 Å². The molecule has 4 heteroatoms. The highest BCUT2D eigenvalue weighted by Gasteiger charge is 2.23. The van der Waals surface area contributed by atoms with Crippen LogP contribution in [0, 0.1) is 0 Å². The predicted molar refractivity (Wildman–Crippen MR) is 111 cm³/mol. The first-order chi connectivity index (χ1) is 12.1. The summed E-state index contributed by atoms with van der Waals surface area (Å²) in [6.07, 6.45) is 15.9. The maximum atomic E-state index is 5.84. The average Bonchev–Trinajstić information content (AvgIpc) is 2.64. The van der Waals surface area contributed by atoms with E-state index in [1.54, 1.807) is 0 Å². The zero-order valence-electron chi connectivity index (χ0n) is 17.9. The summed E-state index contributed by atoms with van der Waals surface area (Å²) in [6.45, 7) is 6.25. The van der Waals surface area contributed by atoms with Crippen molar-refractivity contribution in [3.8, 4) is 0 Å². The maximum Gasteiger partial charge on any atom is 0.0668 e. The molecule has 3 N–H and O–H groups in total. The highest BCUT2D eigenvalue weighted by molar-refractivity contribution is 4.83. The van der Waals surface area contributed by atoms with Crippen LogP contribution in [-0.2, 0) is 4.74 Å². The van der Waals surface area contributed by atoms with Gasteiger partial charge >= 0.3 is 0 Å². The second-order valence-electron chi connectivity index (χ2n) is 7.60. The van der Waals surface area contributed by atoms with Crippen molar-refractivity contribution >= 4 is 0 Å². The van der Waals surface area contributed by atoms with Crippen LogP contribution in [-0.4, -0.2) is 46.1 Å². The van der Waals surface area contributed by atoms with Crippen molar-refractivity contribution in [1.29, 1.82) is 0 Å². The van der Waals surface area contributed by atoms with E-state index >= 15 is 0 Å². The summed E-state index contributed by atoms with van der Waals surface area (Å²) in [5.41, 5.74) is -0.0236. The molecule has 0 spiro atoms. The summed E-state index contributed by atoms with van der Waals surface area (Å²) in [4.78, 5) is 0. The number of hydrogen-bond acceptors (Lipinski definition) is 4. The van der Waals surface area contributed by atoms with Crippen LogP contribution in [0.3, 0.4) is 0 Å². The van der Waals surface area contributed by atoms with Crippen molar-refractivity contribution in [3.05, 3.63) is 0 Å². The summed E-state index contributed by atoms with van der Waals surface area (Å²) in [6, 6.07) is 0.470. The van der Waals surface area contributed by atoms with Gasteiger partial charge in [-0.05, 0) is 47.3 Å². The lowest BCUT2D eigenvalue weighted by molar-refractivity contribution is 0.115. The quantitative estimate of drug-likeness (QED) is 0.236. The summed E-state index contributed by atoms with van der Waals surface area (Å²) >= 11 is 0. The zero-order chi connectivity index (χ0) is 18.8. The Kier molecular flexibility index (Phi) is 17.2. The maximum absolute atomic E-state index is 5.84. The third-order valence-electron chi connectivity index (χ3n) is 5.42. The Labute approximate surface area is 158 Å². The van der Waals surface area contributed by atoms with Crippen LogP contribution in [0.5, 0.6) is 0 Å². The van der Waals surface area contributed by atoms with E-state index in [1.807, 2.05) is 21.1 Å². The van der Waals surface area contributed by atoms with Crippen LogP contribution in [0.15, 0.2) is 0 Å². The summed E-state index contributed by atoms with van der Waals surface area (Å²) in [5, 5.41) is 10.1. The molecule has 1 atom stereocenters. The molecule has 0 aliphatic rings. The molecule has 0 aliphatic heterocycles. The van der Waals surface area contributed by atoms with Crippen LogP contribution in [0.1, 0.15) is 90.9 Å². The molecule has 0 heterocycles. The molecule has 0 aromatic rings. The van der Waals surface area contributed by atoms with Gasteiger partial charge in [0.1, 0.15) is 0 Å². The lowest BCUT2D eigenvalue weighted by Gasteiger charge is -2.33. The highest BCUT2D eigenvalue weighted by Crippen LogP contribution is 2.12. The standard InChI is InChI=1S/C21H47N3O/c1-6-7-8-9-10-11-12-13-14-15-17-25-18-16-20(22-3)19-21(2,23-4)24-5/h20,22-24H,6-19H2,1-5H3. The van der Waals surface area contributed by atoms with Gasteiger partial charge in [-0.2, -0.15) is 0 Å². The number of ether oxygens (including phenoxy) is 1. The summed E-state index contributed by atoms with van der Waals surface area (Å²) < 4.78 is 5.84. The Morgan fingerprint density at radius 1 is 0.760 bits per heavy atom. The minimum atomic E-state index is -0.0236. The van der Waals surface area contributed by atoms with Gasteiger partial charge < -0.3 is 20.7 Å². The molecule has 0 amide bonds. The molecule has 0 saturated carbocycles. The van der Waals surface area contributed by atoms with Gasteiger partial charge in [-0.1, -0.05) is 64.7 Å². The molecular formula is C21H47N3O. The molecule has 4 nitrogen and oxygen atoms in total. The largest absolute Gasteiger partial charge is 0.381 e. The van der Waals surface area contributed by atoms with Gasteiger partial charge in [0.15, 0.2) is 0 Å². The molecule has 25 heavy (non-hydrogen) atoms. The Morgan fingerprint density at radius 2 is 1.28 bits per heavy atom. The zero-order valence-corrected chi connectivity index (χ0v) is 17.9. The summed E-state index contributed by atoms with van der Waals surface area (Å²) in [7, 11) is 6.05. The number of nitrogens with one attached hydrogen (secondary N) is 3. The van der Waals surface area contributed by atoms with Gasteiger partial charge in [0, 0.05) is 19.3 Å². The number of rotatable bonds is 19. The molecule has 0 fully saturated rings. The van der Waals surface area contributed by atoms with E-state index in [1.165, 1.54) is 64.2 Å². The van der Waals surface area contributed by atoms with E-state index in [9.17, 15) is 0 Å². The minimum Gasteiger partial charge on any atom is -0.381 e. The first kappa shape index (κ1) is 24.8. The molecule has 1 unspecified atom stereocenters. The van der Waals surface area contributed by atoms with Crippen LogP contribution in [0.2, 0.25) is 0 Å². The molecule has 0 rings (SSSR count). The third-order valence-corrected chi connectivity index (χ3v) is 5.42. The lowest BCUT2D eigenvalue weighted by atomic mass is 10.00. The second-order valence-corrected chi connectivity index (χ2v) is 7.60. The molecule has 0 radical (unpaired) electrons. The normalized spacial score (nSPS) is 13.3. The molecule has 152 valence electrons. The van der Waals surface area contributed by atoms with E-state index in [4.69, 9.17) is 4.74 Å². The van der Waals surface area contributed by atoms with Crippen molar-refractivity contribution in [2.24, 2.45) is 0 Å². The first-order valence-electron chi connectivity index (χ1n) is 10.7. The van der Waals surface area contributed by atoms with E-state index in [-0.39, 0.29) is 5.66 Å². The molecule has 0 bridgehead atoms. The van der Waals surface area contributed by atoms with E-state index in [0.29, 0.717) is 6.04 Å². The lowest BCUT2D eigenvalue weighted by Crippen LogP contribution is -2.54. The van der Waals surface area contributed by atoms with E-state index in [0.717, 1.165) is 26.1 Å². The van der Waals surface area contributed by atoms with Crippen LogP contribution in [0.25, 0.3) is 0 Å². The smallest absolute Gasteiger partial charge is 0.0668 e. The molecule has 0 aromatic heterocycles. The van der Waals surface area contributed by atoms with Gasteiger partial charge in [-0.3, -0.25) is 0 Å². The Hall–Kier alpha value is -0.160. The monoisotopic (exact) mass is 357 g/mol. The fourth-order valence-electron chi connectivity index (χ4n) is 3.19. The molecule has 0 saturated heterocycles. The fourth-order valence-corrected chi connectivity index (χ4v) is 3.19. The second kappa shape index (κ2) is 17.3. The third kappa shape index (κ3) is 14.7. The van der Waals surface area contributed by atoms with Gasteiger partial charge in [0.25, 0.3) is 0 Å². The topological polar surface area (TPSA) is 45.3 Å². The van der Waals surface area contributed by atoms with Gasteiger partial charge in [0.2, 0.25) is 0 Å². The van der Waals surface area contributed by atoms with Crippen molar-refractivity contribution in [3.63, 3.8) is 0 Å². The van der Waals surface area contributed by atoms with E-state index in [2.05, 4.69) is 29.8 Å². The molecule has 0 aliphatic carbocycles. The highest BCUT2D eigenvalue weighted by atomic mass is 16.5. The minimum absolute atomic E-state index is 0.0236. The van der Waals surface area contributed by atoms with Crippen molar-refractivity contribution < 1.29 is 4.74 Å². The van der Waals surface area contributed by atoms with E-state index < -0.39 is 0 Å². The average molecular weight is 358 g/mol. The van der Waals surface area contributed by atoms with Crippen molar-refractivity contribution in [1.82, 2.24) is 16.0 Å². The van der Waals surface area contributed by atoms with Crippen LogP contribution >= 0.6 is 0 Å². The summed E-state index contributed by atoms with van der Waals surface area (Å²) in [5.74, 6) is 0. The van der Waals surface area contributed by atoms with Crippen LogP contribution < -0.4 is 16.0 Å². The number of hydrogen-bond donors (Lipinski definition) is 3. The number of unbranched alkanes of at least 4 members (excludes halogenated alkanes) is 9. The fraction of sp³-hybridized carbons (Fsp3) is 1.00. The Balaban J connectivity index is 3.44. The first-order valence-corrected chi connectivity index (χ1v) is 10.7. The Bertz CT molecular complexity index is 270.